The topological polar surface area (TPSA) is 58.5 Å². The summed E-state index contributed by atoms with van der Waals surface area (Å²) in [6, 6.07) is 2.02. The van der Waals surface area contributed by atoms with Crippen LogP contribution in [0.4, 0.5) is 5.95 Å². The van der Waals surface area contributed by atoms with Gasteiger partial charge in [0.05, 0.1) is 19.8 Å². The second kappa shape index (κ2) is 7.28. The van der Waals surface area contributed by atoms with E-state index in [4.69, 9.17) is 9.84 Å². The number of aryl methyl sites for hydroxylation is 1. The number of likely N-dealkylation sites (N-methyl/N-ethyl adjacent to an activating group) is 1. The summed E-state index contributed by atoms with van der Waals surface area (Å²) in [5.41, 5.74) is 2.03. The number of nitrogens with zero attached hydrogens (tertiary/aromatic N) is 3. The molecule has 1 aromatic rings. The molecule has 0 spiro atoms. The second-order valence-corrected chi connectivity index (χ2v) is 4.65. The Morgan fingerprint density at radius 1 is 1.33 bits per heavy atom. The molecule has 1 heterocycles. The summed E-state index contributed by atoms with van der Waals surface area (Å²) in [4.78, 5) is 10.9. The molecular formula is C13H23N3O2. The zero-order valence-electron chi connectivity index (χ0n) is 11.7. The molecule has 1 rings (SSSR count). The van der Waals surface area contributed by atoms with Gasteiger partial charge in [0.25, 0.3) is 0 Å². The molecule has 0 saturated carbocycles. The molecule has 0 fully saturated rings. The first kappa shape index (κ1) is 14.9. The van der Waals surface area contributed by atoms with Crippen molar-refractivity contribution in [3.63, 3.8) is 0 Å². The third-order valence-electron chi connectivity index (χ3n) is 2.60. The molecule has 0 aromatic carbocycles. The lowest BCUT2D eigenvalue weighted by Crippen LogP contribution is -2.25. The van der Waals surface area contributed by atoms with Gasteiger partial charge in [0.15, 0.2) is 0 Å². The van der Waals surface area contributed by atoms with Gasteiger partial charge in [0.1, 0.15) is 0 Å². The smallest absolute Gasteiger partial charge is 0.225 e. The number of aliphatic hydroxyl groups excluding tert-OH is 1. The SMILES string of the molecule is Cc1cc(C(C)C)nc(N(C)CCOCCO)n1. The van der Waals surface area contributed by atoms with Crippen LogP contribution in [0.2, 0.25) is 0 Å². The third-order valence-corrected chi connectivity index (χ3v) is 2.60. The van der Waals surface area contributed by atoms with E-state index < -0.39 is 0 Å². The summed E-state index contributed by atoms with van der Waals surface area (Å²) in [6.07, 6.45) is 0. The number of hydrogen-bond donors (Lipinski definition) is 1. The van der Waals surface area contributed by atoms with Crippen molar-refractivity contribution in [1.29, 1.82) is 0 Å². The van der Waals surface area contributed by atoms with E-state index in [1.165, 1.54) is 0 Å². The predicted octanol–water partition coefficient (Wildman–Crippen LogP) is 1.35. The maximum atomic E-state index is 8.62. The van der Waals surface area contributed by atoms with Crippen LogP contribution in [0.5, 0.6) is 0 Å². The monoisotopic (exact) mass is 253 g/mol. The maximum Gasteiger partial charge on any atom is 0.225 e. The molecule has 18 heavy (non-hydrogen) atoms. The van der Waals surface area contributed by atoms with Gasteiger partial charge in [-0.25, -0.2) is 9.97 Å². The van der Waals surface area contributed by atoms with Crippen LogP contribution < -0.4 is 4.90 Å². The molecule has 0 aliphatic rings. The summed E-state index contributed by atoms with van der Waals surface area (Å²) in [7, 11) is 1.95. The summed E-state index contributed by atoms with van der Waals surface area (Å²) in [6.45, 7) is 7.92. The molecule has 0 saturated heterocycles. The molecule has 5 heteroatoms. The first-order valence-corrected chi connectivity index (χ1v) is 6.30. The first-order valence-electron chi connectivity index (χ1n) is 6.30. The number of rotatable bonds is 7. The zero-order valence-corrected chi connectivity index (χ0v) is 11.7. The van der Waals surface area contributed by atoms with E-state index in [0.717, 1.165) is 17.3 Å². The van der Waals surface area contributed by atoms with Crippen molar-refractivity contribution in [1.82, 2.24) is 9.97 Å². The Kier molecular flexibility index (Phi) is 6.01. The molecule has 1 N–H and O–H groups in total. The Hall–Kier alpha value is -1.20. The average Bonchev–Trinajstić information content (AvgIpc) is 2.33. The lowest BCUT2D eigenvalue weighted by molar-refractivity contribution is 0.0970. The van der Waals surface area contributed by atoms with Crippen LogP contribution in [0, 0.1) is 6.92 Å². The van der Waals surface area contributed by atoms with Crippen molar-refractivity contribution in [2.75, 3.05) is 38.3 Å². The van der Waals surface area contributed by atoms with Crippen molar-refractivity contribution in [2.24, 2.45) is 0 Å². The van der Waals surface area contributed by atoms with Gasteiger partial charge in [-0.05, 0) is 18.9 Å². The standard InChI is InChI=1S/C13H23N3O2/c1-10(2)12-9-11(3)14-13(15-12)16(4)5-7-18-8-6-17/h9-10,17H,5-8H2,1-4H3. The normalized spacial score (nSPS) is 11.0. The highest BCUT2D eigenvalue weighted by molar-refractivity contribution is 5.31. The van der Waals surface area contributed by atoms with Crippen molar-refractivity contribution < 1.29 is 9.84 Å². The fraction of sp³-hybridized carbons (Fsp3) is 0.692. The van der Waals surface area contributed by atoms with E-state index >= 15 is 0 Å². The van der Waals surface area contributed by atoms with Crippen LogP contribution in [0.25, 0.3) is 0 Å². The summed E-state index contributed by atoms with van der Waals surface area (Å²) < 4.78 is 5.24. The molecule has 0 atom stereocenters. The predicted molar refractivity (Wildman–Crippen MR) is 72.0 cm³/mol. The number of ether oxygens (including phenoxy) is 1. The van der Waals surface area contributed by atoms with Gasteiger partial charge >= 0.3 is 0 Å². The highest BCUT2D eigenvalue weighted by atomic mass is 16.5. The molecule has 0 unspecified atom stereocenters. The molecule has 0 bridgehead atoms. The minimum atomic E-state index is 0.0577. The van der Waals surface area contributed by atoms with Crippen LogP contribution in [0.15, 0.2) is 6.07 Å². The van der Waals surface area contributed by atoms with E-state index in [9.17, 15) is 0 Å². The van der Waals surface area contributed by atoms with Crippen LogP contribution in [0.1, 0.15) is 31.2 Å². The van der Waals surface area contributed by atoms with Crippen LogP contribution in [-0.2, 0) is 4.74 Å². The summed E-state index contributed by atoms with van der Waals surface area (Å²) in [5, 5.41) is 8.62. The maximum absolute atomic E-state index is 8.62. The summed E-state index contributed by atoms with van der Waals surface area (Å²) in [5.74, 6) is 1.12. The van der Waals surface area contributed by atoms with E-state index in [2.05, 4.69) is 23.8 Å². The average molecular weight is 253 g/mol. The fourth-order valence-corrected chi connectivity index (χ4v) is 1.51. The molecule has 0 aliphatic heterocycles. The van der Waals surface area contributed by atoms with Crippen molar-refractivity contribution >= 4 is 5.95 Å². The fourth-order valence-electron chi connectivity index (χ4n) is 1.51. The Labute approximate surface area is 109 Å². The van der Waals surface area contributed by atoms with Crippen LogP contribution >= 0.6 is 0 Å². The van der Waals surface area contributed by atoms with E-state index in [0.29, 0.717) is 25.7 Å². The van der Waals surface area contributed by atoms with Crippen molar-refractivity contribution in [3.8, 4) is 0 Å². The second-order valence-electron chi connectivity index (χ2n) is 4.65. The van der Waals surface area contributed by atoms with Crippen LogP contribution in [-0.4, -0.2) is 48.5 Å². The highest BCUT2D eigenvalue weighted by Crippen LogP contribution is 2.15. The number of hydrogen-bond acceptors (Lipinski definition) is 5. The van der Waals surface area contributed by atoms with Gasteiger partial charge in [-0.15, -0.1) is 0 Å². The lowest BCUT2D eigenvalue weighted by Gasteiger charge is -2.18. The van der Waals surface area contributed by atoms with Gasteiger partial charge in [-0.1, -0.05) is 13.8 Å². The van der Waals surface area contributed by atoms with Crippen molar-refractivity contribution in [2.45, 2.75) is 26.7 Å². The van der Waals surface area contributed by atoms with Crippen LogP contribution in [0.3, 0.4) is 0 Å². The zero-order chi connectivity index (χ0) is 13.5. The van der Waals surface area contributed by atoms with E-state index in [-0.39, 0.29) is 6.61 Å². The van der Waals surface area contributed by atoms with Gasteiger partial charge < -0.3 is 14.7 Å². The van der Waals surface area contributed by atoms with Crippen molar-refractivity contribution in [3.05, 3.63) is 17.5 Å². The molecule has 0 radical (unpaired) electrons. The number of aliphatic hydroxyl groups is 1. The summed E-state index contributed by atoms with van der Waals surface area (Å²) >= 11 is 0. The molecular weight excluding hydrogens is 230 g/mol. The molecule has 1 aromatic heterocycles. The minimum absolute atomic E-state index is 0.0577. The highest BCUT2D eigenvalue weighted by Gasteiger charge is 2.09. The Bertz CT molecular complexity index is 369. The Balaban J connectivity index is 2.64. The first-order chi connectivity index (χ1) is 8.54. The molecule has 0 aliphatic carbocycles. The lowest BCUT2D eigenvalue weighted by atomic mass is 10.1. The Morgan fingerprint density at radius 3 is 2.67 bits per heavy atom. The van der Waals surface area contributed by atoms with Gasteiger partial charge in [0.2, 0.25) is 5.95 Å². The molecule has 102 valence electrons. The van der Waals surface area contributed by atoms with Gasteiger partial charge in [0, 0.05) is 25.0 Å². The Morgan fingerprint density at radius 2 is 2.06 bits per heavy atom. The van der Waals surface area contributed by atoms with E-state index in [1.807, 2.05) is 24.9 Å². The number of anilines is 1. The van der Waals surface area contributed by atoms with Gasteiger partial charge in [-0.3, -0.25) is 0 Å². The molecule has 0 amide bonds. The minimum Gasteiger partial charge on any atom is -0.394 e. The third kappa shape index (κ3) is 4.58. The molecule has 5 nitrogen and oxygen atoms in total. The van der Waals surface area contributed by atoms with E-state index in [1.54, 1.807) is 0 Å². The van der Waals surface area contributed by atoms with Gasteiger partial charge in [-0.2, -0.15) is 0 Å². The largest absolute Gasteiger partial charge is 0.394 e. The number of aromatic nitrogens is 2. The quantitative estimate of drug-likeness (QED) is 0.743.